The maximum Gasteiger partial charge on any atom is 0.104 e. The van der Waals surface area contributed by atoms with Gasteiger partial charge in [0.2, 0.25) is 0 Å². The van der Waals surface area contributed by atoms with Crippen LogP contribution in [0.15, 0.2) is 18.2 Å². The van der Waals surface area contributed by atoms with E-state index in [1.54, 1.807) is 0 Å². The van der Waals surface area contributed by atoms with Crippen LogP contribution in [0.25, 0.3) is 11.0 Å². The molecule has 16 heavy (non-hydrogen) atoms. The highest BCUT2D eigenvalue weighted by Gasteiger charge is 2.04. The smallest absolute Gasteiger partial charge is 0.104 e. The second kappa shape index (κ2) is 4.53. The summed E-state index contributed by atoms with van der Waals surface area (Å²) in [6.45, 7) is 3.68. The third-order valence-electron chi connectivity index (χ3n) is 2.72. The van der Waals surface area contributed by atoms with E-state index in [2.05, 4.69) is 34.0 Å². The summed E-state index contributed by atoms with van der Waals surface area (Å²) < 4.78 is 0. The molecule has 0 amide bonds. The number of rotatable bonds is 4. The van der Waals surface area contributed by atoms with Gasteiger partial charge in [-0.1, -0.05) is 0 Å². The molecule has 0 fully saturated rings. The van der Waals surface area contributed by atoms with E-state index in [1.165, 1.54) is 5.69 Å². The minimum Gasteiger partial charge on any atom is -0.374 e. The van der Waals surface area contributed by atoms with Crippen LogP contribution in [0.3, 0.4) is 0 Å². The van der Waals surface area contributed by atoms with Crippen molar-refractivity contribution in [2.75, 3.05) is 25.0 Å². The number of hydrogen-bond donors (Lipinski definition) is 2. The Morgan fingerprint density at radius 2 is 2.25 bits per heavy atom. The zero-order valence-electron chi connectivity index (χ0n) is 9.83. The molecular formula is C12H18N4. The van der Waals surface area contributed by atoms with Gasteiger partial charge in [0.15, 0.2) is 0 Å². The number of anilines is 1. The first-order valence-corrected chi connectivity index (χ1v) is 5.58. The van der Waals surface area contributed by atoms with Crippen molar-refractivity contribution in [1.82, 2.24) is 9.97 Å². The number of imidazole rings is 1. The van der Waals surface area contributed by atoms with Gasteiger partial charge in [0, 0.05) is 19.3 Å². The molecule has 4 nitrogen and oxygen atoms in total. The Morgan fingerprint density at radius 1 is 1.44 bits per heavy atom. The van der Waals surface area contributed by atoms with Crippen LogP contribution in [0.2, 0.25) is 0 Å². The molecule has 2 aromatic rings. The molecule has 1 aromatic heterocycles. The molecule has 3 N–H and O–H groups in total. The fourth-order valence-corrected chi connectivity index (χ4v) is 1.82. The summed E-state index contributed by atoms with van der Waals surface area (Å²) in [6, 6.07) is 6.28. The summed E-state index contributed by atoms with van der Waals surface area (Å²) in [5, 5.41) is 0. The Morgan fingerprint density at radius 3 is 3.00 bits per heavy atom. The van der Waals surface area contributed by atoms with Crippen LogP contribution in [0.4, 0.5) is 5.69 Å². The van der Waals surface area contributed by atoms with Gasteiger partial charge < -0.3 is 15.6 Å². The molecule has 0 radical (unpaired) electrons. The summed E-state index contributed by atoms with van der Waals surface area (Å²) in [6.07, 6.45) is 1.01. The van der Waals surface area contributed by atoms with E-state index in [0.717, 1.165) is 36.4 Å². The van der Waals surface area contributed by atoms with Crippen LogP contribution in [0.5, 0.6) is 0 Å². The van der Waals surface area contributed by atoms with Crippen LogP contribution in [0, 0.1) is 6.92 Å². The Labute approximate surface area is 95.5 Å². The third kappa shape index (κ3) is 2.17. The third-order valence-corrected chi connectivity index (χ3v) is 2.72. The quantitative estimate of drug-likeness (QED) is 0.820. The van der Waals surface area contributed by atoms with Gasteiger partial charge in [-0.3, -0.25) is 0 Å². The molecular weight excluding hydrogens is 200 g/mol. The SMILES string of the molecule is Cc1nc2ccc(N(C)CCCN)cc2[nH]1. The normalized spacial score (nSPS) is 10.9. The van der Waals surface area contributed by atoms with Crippen molar-refractivity contribution in [2.45, 2.75) is 13.3 Å². The van der Waals surface area contributed by atoms with E-state index in [1.807, 2.05) is 13.0 Å². The van der Waals surface area contributed by atoms with Gasteiger partial charge in [0.25, 0.3) is 0 Å². The first-order chi connectivity index (χ1) is 7.70. The maximum atomic E-state index is 5.51. The first-order valence-electron chi connectivity index (χ1n) is 5.58. The first kappa shape index (κ1) is 11.0. The second-order valence-corrected chi connectivity index (χ2v) is 4.09. The standard InChI is InChI=1S/C12H18N4/c1-9-14-11-5-4-10(8-12(11)15-9)16(2)7-3-6-13/h4-5,8H,3,6-7,13H2,1-2H3,(H,14,15). The van der Waals surface area contributed by atoms with Crippen LogP contribution < -0.4 is 10.6 Å². The predicted octanol–water partition coefficient (Wildman–Crippen LogP) is 1.66. The topological polar surface area (TPSA) is 57.9 Å². The molecule has 0 atom stereocenters. The van der Waals surface area contributed by atoms with Crippen molar-refractivity contribution in [3.8, 4) is 0 Å². The molecule has 1 aromatic carbocycles. The lowest BCUT2D eigenvalue weighted by Crippen LogP contribution is -2.20. The molecule has 0 unspecified atom stereocenters. The van der Waals surface area contributed by atoms with Gasteiger partial charge in [0.05, 0.1) is 11.0 Å². The van der Waals surface area contributed by atoms with E-state index in [4.69, 9.17) is 5.73 Å². The maximum absolute atomic E-state index is 5.51. The number of benzene rings is 1. The van der Waals surface area contributed by atoms with Crippen LogP contribution >= 0.6 is 0 Å². The lowest BCUT2D eigenvalue weighted by molar-refractivity contribution is 0.796. The van der Waals surface area contributed by atoms with Crippen molar-refractivity contribution in [2.24, 2.45) is 5.73 Å². The van der Waals surface area contributed by atoms with Crippen LogP contribution in [-0.2, 0) is 0 Å². The summed E-state index contributed by atoms with van der Waals surface area (Å²) >= 11 is 0. The van der Waals surface area contributed by atoms with Gasteiger partial charge in [-0.15, -0.1) is 0 Å². The number of aromatic amines is 1. The van der Waals surface area contributed by atoms with E-state index in [9.17, 15) is 0 Å². The number of nitrogens with zero attached hydrogens (tertiary/aromatic N) is 2. The Kier molecular flexibility index (Phi) is 3.10. The summed E-state index contributed by atoms with van der Waals surface area (Å²) in [4.78, 5) is 9.84. The lowest BCUT2D eigenvalue weighted by Gasteiger charge is -2.18. The second-order valence-electron chi connectivity index (χ2n) is 4.09. The van der Waals surface area contributed by atoms with Crippen molar-refractivity contribution in [3.63, 3.8) is 0 Å². The minimum absolute atomic E-state index is 0.732. The largest absolute Gasteiger partial charge is 0.374 e. The van der Waals surface area contributed by atoms with Crippen molar-refractivity contribution in [3.05, 3.63) is 24.0 Å². The van der Waals surface area contributed by atoms with Crippen LogP contribution in [0.1, 0.15) is 12.2 Å². The Bertz CT molecular complexity index is 475. The number of nitrogens with one attached hydrogen (secondary N) is 1. The van der Waals surface area contributed by atoms with Crippen molar-refractivity contribution >= 4 is 16.7 Å². The molecule has 2 rings (SSSR count). The highest BCUT2D eigenvalue weighted by atomic mass is 15.1. The molecule has 0 aliphatic heterocycles. The van der Waals surface area contributed by atoms with E-state index < -0.39 is 0 Å². The van der Waals surface area contributed by atoms with Gasteiger partial charge in [-0.2, -0.15) is 0 Å². The Hall–Kier alpha value is -1.55. The molecule has 0 spiro atoms. The number of H-pyrrole nitrogens is 1. The summed E-state index contributed by atoms with van der Waals surface area (Å²) in [5.41, 5.74) is 8.82. The molecule has 0 bridgehead atoms. The predicted molar refractivity (Wildman–Crippen MR) is 67.8 cm³/mol. The van der Waals surface area contributed by atoms with Gasteiger partial charge >= 0.3 is 0 Å². The molecule has 86 valence electrons. The molecule has 0 aliphatic rings. The summed E-state index contributed by atoms with van der Waals surface area (Å²) in [7, 11) is 2.08. The highest BCUT2D eigenvalue weighted by Crippen LogP contribution is 2.19. The zero-order chi connectivity index (χ0) is 11.5. The molecule has 4 heteroatoms. The van der Waals surface area contributed by atoms with E-state index in [0.29, 0.717) is 0 Å². The average molecular weight is 218 g/mol. The molecule has 1 heterocycles. The number of aryl methyl sites for hydroxylation is 1. The van der Waals surface area contributed by atoms with Crippen LogP contribution in [-0.4, -0.2) is 30.1 Å². The lowest BCUT2D eigenvalue weighted by atomic mass is 10.2. The van der Waals surface area contributed by atoms with Crippen molar-refractivity contribution in [1.29, 1.82) is 0 Å². The number of fused-ring (bicyclic) bond motifs is 1. The van der Waals surface area contributed by atoms with Gasteiger partial charge in [-0.25, -0.2) is 4.98 Å². The summed E-state index contributed by atoms with van der Waals surface area (Å²) in [5.74, 6) is 0.955. The fourth-order valence-electron chi connectivity index (χ4n) is 1.82. The van der Waals surface area contributed by atoms with E-state index in [-0.39, 0.29) is 0 Å². The fraction of sp³-hybridized carbons (Fsp3) is 0.417. The number of nitrogens with two attached hydrogens (primary N) is 1. The zero-order valence-corrected chi connectivity index (χ0v) is 9.83. The molecule has 0 saturated heterocycles. The molecule has 0 saturated carbocycles. The van der Waals surface area contributed by atoms with Crippen molar-refractivity contribution < 1.29 is 0 Å². The average Bonchev–Trinajstić information content (AvgIpc) is 2.64. The van der Waals surface area contributed by atoms with Gasteiger partial charge in [0.1, 0.15) is 5.82 Å². The van der Waals surface area contributed by atoms with Gasteiger partial charge in [-0.05, 0) is 38.1 Å². The monoisotopic (exact) mass is 218 g/mol. The minimum atomic E-state index is 0.732. The Balaban J connectivity index is 2.24. The number of hydrogen-bond acceptors (Lipinski definition) is 3. The number of aromatic nitrogens is 2. The van der Waals surface area contributed by atoms with E-state index >= 15 is 0 Å². The highest BCUT2D eigenvalue weighted by molar-refractivity contribution is 5.79. The molecule has 0 aliphatic carbocycles.